The molecule has 0 aliphatic heterocycles. The summed E-state index contributed by atoms with van der Waals surface area (Å²) >= 11 is 0. The van der Waals surface area contributed by atoms with Crippen LogP contribution in [-0.4, -0.2) is 0 Å². The normalized spacial score (nSPS) is 15.7. The van der Waals surface area contributed by atoms with Crippen molar-refractivity contribution < 1.29 is 0 Å². The SMILES string of the molecule is CC1(C)CCC(C)(C)c2cc(-c3cc4c(cc3N(c3ccc(-c5ccccc5)cc3)c3ccc(-c5ccc6ccccc6c5)cc3)C(C)(C)c3ccccc3-4)ccc21. The van der Waals surface area contributed by atoms with E-state index < -0.39 is 0 Å². The van der Waals surface area contributed by atoms with E-state index in [9.17, 15) is 0 Å². The van der Waals surface area contributed by atoms with Crippen LogP contribution in [0.15, 0.2) is 176 Å². The van der Waals surface area contributed by atoms with Gasteiger partial charge in [-0.2, -0.15) is 0 Å². The highest BCUT2D eigenvalue weighted by molar-refractivity contribution is 5.95. The standard InChI is InChI=1S/C57H51N/c1-55(2)32-33-56(3,4)53-35-44(26-31-51(53)55)48-36-49-47-18-12-13-19-50(47)57(5,6)52(49)37-54(48)58(45-27-22-40(23-28-45)38-14-8-7-9-15-38)46-29-24-41(25-30-46)43-21-20-39-16-10-11-17-42(39)34-43/h7-31,34-37H,32-33H2,1-6H3. The molecule has 0 radical (unpaired) electrons. The zero-order valence-corrected chi connectivity index (χ0v) is 34.6. The Hall–Kier alpha value is -6.18. The van der Waals surface area contributed by atoms with E-state index in [0.717, 1.165) is 11.4 Å². The second-order valence-electron chi connectivity index (χ2n) is 18.5. The topological polar surface area (TPSA) is 3.24 Å². The highest BCUT2D eigenvalue weighted by Gasteiger charge is 2.39. The van der Waals surface area contributed by atoms with Crippen molar-refractivity contribution in [3.05, 3.63) is 198 Å². The lowest BCUT2D eigenvalue weighted by molar-refractivity contribution is 0.332. The molecule has 0 amide bonds. The zero-order valence-electron chi connectivity index (χ0n) is 34.6. The van der Waals surface area contributed by atoms with Crippen LogP contribution in [0, 0.1) is 0 Å². The highest BCUT2D eigenvalue weighted by atomic mass is 15.1. The number of rotatable bonds is 6. The molecule has 2 aliphatic rings. The average molecular weight is 750 g/mol. The third-order valence-corrected chi connectivity index (χ3v) is 13.5. The molecule has 10 rings (SSSR count). The van der Waals surface area contributed by atoms with Gasteiger partial charge >= 0.3 is 0 Å². The van der Waals surface area contributed by atoms with E-state index in [-0.39, 0.29) is 16.2 Å². The molecule has 0 fully saturated rings. The van der Waals surface area contributed by atoms with Crippen LogP contribution < -0.4 is 4.90 Å². The molecule has 0 bridgehead atoms. The molecule has 0 heterocycles. The number of anilines is 3. The van der Waals surface area contributed by atoms with Crippen molar-refractivity contribution in [1.29, 1.82) is 0 Å². The van der Waals surface area contributed by atoms with Gasteiger partial charge < -0.3 is 4.90 Å². The van der Waals surface area contributed by atoms with E-state index in [1.165, 1.54) is 96.1 Å². The van der Waals surface area contributed by atoms with Crippen LogP contribution in [0.2, 0.25) is 0 Å². The molecule has 0 N–H and O–H groups in total. The molecule has 1 heteroatoms. The van der Waals surface area contributed by atoms with Crippen LogP contribution in [0.25, 0.3) is 55.3 Å². The van der Waals surface area contributed by atoms with Crippen LogP contribution in [0.5, 0.6) is 0 Å². The Morgan fingerprint density at radius 3 is 1.60 bits per heavy atom. The van der Waals surface area contributed by atoms with Gasteiger partial charge in [0.15, 0.2) is 0 Å². The summed E-state index contributed by atoms with van der Waals surface area (Å²) in [7, 11) is 0. The molecule has 284 valence electrons. The van der Waals surface area contributed by atoms with E-state index in [1.807, 2.05) is 0 Å². The van der Waals surface area contributed by atoms with E-state index in [0.29, 0.717) is 0 Å². The summed E-state index contributed by atoms with van der Waals surface area (Å²) < 4.78 is 0. The lowest BCUT2D eigenvalue weighted by Crippen LogP contribution is -2.33. The summed E-state index contributed by atoms with van der Waals surface area (Å²) in [6.07, 6.45) is 2.38. The summed E-state index contributed by atoms with van der Waals surface area (Å²) in [5, 5.41) is 2.52. The Bertz CT molecular complexity index is 2840. The van der Waals surface area contributed by atoms with Gasteiger partial charge in [-0.1, -0.05) is 175 Å². The van der Waals surface area contributed by atoms with Gasteiger partial charge in [-0.05, 0) is 138 Å². The third kappa shape index (κ3) is 5.99. The predicted molar refractivity (Wildman–Crippen MR) is 248 cm³/mol. The van der Waals surface area contributed by atoms with Crippen molar-refractivity contribution in [2.24, 2.45) is 0 Å². The molecule has 0 unspecified atom stereocenters. The average Bonchev–Trinajstić information content (AvgIpc) is 3.48. The molecule has 58 heavy (non-hydrogen) atoms. The fourth-order valence-electron chi connectivity index (χ4n) is 9.94. The zero-order chi connectivity index (χ0) is 39.8. The van der Waals surface area contributed by atoms with Crippen LogP contribution >= 0.6 is 0 Å². The lowest BCUT2D eigenvalue weighted by atomic mass is 9.63. The van der Waals surface area contributed by atoms with Crippen LogP contribution in [0.4, 0.5) is 17.1 Å². The second kappa shape index (κ2) is 13.5. The first-order valence-corrected chi connectivity index (χ1v) is 21.0. The molecular formula is C57H51N. The van der Waals surface area contributed by atoms with Crippen molar-refractivity contribution in [2.75, 3.05) is 4.90 Å². The van der Waals surface area contributed by atoms with Crippen LogP contribution in [-0.2, 0) is 16.2 Å². The number of benzene rings is 8. The quantitative estimate of drug-likeness (QED) is 0.164. The maximum absolute atomic E-state index is 2.53. The van der Waals surface area contributed by atoms with Crippen molar-refractivity contribution in [1.82, 2.24) is 0 Å². The monoisotopic (exact) mass is 749 g/mol. The Kier molecular flexibility index (Phi) is 8.39. The first kappa shape index (κ1) is 36.2. The van der Waals surface area contributed by atoms with Crippen molar-refractivity contribution >= 4 is 27.8 Å². The van der Waals surface area contributed by atoms with Crippen molar-refractivity contribution in [3.8, 4) is 44.5 Å². The Labute approximate surface area is 344 Å². The highest BCUT2D eigenvalue weighted by Crippen LogP contribution is 2.54. The van der Waals surface area contributed by atoms with E-state index in [1.54, 1.807) is 0 Å². The summed E-state index contributed by atoms with van der Waals surface area (Å²) in [6, 6.07) is 65.9. The van der Waals surface area contributed by atoms with E-state index in [4.69, 9.17) is 0 Å². The van der Waals surface area contributed by atoms with E-state index >= 15 is 0 Å². The molecule has 8 aromatic rings. The maximum atomic E-state index is 2.53. The number of fused-ring (bicyclic) bond motifs is 5. The van der Waals surface area contributed by atoms with Gasteiger partial charge in [0.25, 0.3) is 0 Å². The van der Waals surface area contributed by atoms with Gasteiger partial charge in [-0.3, -0.25) is 0 Å². The van der Waals surface area contributed by atoms with Gasteiger partial charge in [0.1, 0.15) is 0 Å². The van der Waals surface area contributed by atoms with Gasteiger partial charge in [0, 0.05) is 22.4 Å². The van der Waals surface area contributed by atoms with Gasteiger partial charge in [0.2, 0.25) is 0 Å². The third-order valence-electron chi connectivity index (χ3n) is 13.5. The van der Waals surface area contributed by atoms with Crippen LogP contribution in [0.1, 0.15) is 76.6 Å². The van der Waals surface area contributed by atoms with E-state index in [2.05, 4.69) is 222 Å². The molecule has 8 aromatic carbocycles. The first-order chi connectivity index (χ1) is 28.0. The number of hydrogen-bond donors (Lipinski definition) is 0. The molecule has 0 aromatic heterocycles. The molecular weight excluding hydrogens is 699 g/mol. The maximum Gasteiger partial charge on any atom is 0.0543 e. The minimum absolute atomic E-state index is 0.0951. The molecule has 0 saturated carbocycles. The van der Waals surface area contributed by atoms with Gasteiger partial charge in [0.05, 0.1) is 5.69 Å². The molecule has 0 atom stereocenters. The van der Waals surface area contributed by atoms with Crippen molar-refractivity contribution in [3.63, 3.8) is 0 Å². The van der Waals surface area contributed by atoms with Gasteiger partial charge in [-0.25, -0.2) is 0 Å². The number of hydrogen-bond acceptors (Lipinski definition) is 1. The Balaban J connectivity index is 1.20. The molecule has 0 spiro atoms. The fourth-order valence-corrected chi connectivity index (χ4v) is 9.94. The van der Waals surface area contributed by atoms with Gasteiger partial charge in [-0.15, -0.1) is 0 Å². The lowest BCUT2D eigenvalue weighted by Gasteiger charge is -2.42. The fraction of sp³-hybridized carbons (Fsp3) is 0.193. The Morgan fingerprint density at radius 1 is 0.345 bits per heavy atom. The summed E-state index contributed by atoms with van der Waals surface area (Å²) in [5.41, 5.74) is 19.3. The largest absolute Gasteiger partial charge is 0.310 e. The molecule has 0 saturated heterocycles. The minimum Gasteiger partial charge on any atom is -0.310 e. The predicted octanol–water partition coefficient (Wildman–Crippen LogP) is 16.0. The molecule has 2 aliphatic carbocycles. The first-order valence-electron chi connectivity index (χ1n) is 21.0. The Morgan fingerprint density at radius 2 is 0.897 bits per heavy atom. The second-order valence-corrected chi connectivity index (χ2v) is 18.5. The summed E-state index contributed by atoms with van der Waals surface area (Å²) in [4.78, 5) is 2.50. The summed E-state index contributed by atoms with van der Waals surface area (Å²) in [6.45, 7) is 14.5. The summed E-state index contributed by atoms with van der Waals surface area (Å²) in [5.74, 6) is 0. The smallest absolute Gasteiger partial charge is 0.0543 e. The van der Waals surface area contributed by atoms with Crippen molar-refractivity contribution in [2.45, 2.75) is 70.6 Å². The molecule has 1 nitrogen and oxygen atoms in total. The van der Waals surface area contributed by atoms with Crippen LogP contribution in [0.3, 0.4) is 0 Å². The number of nitrogens with zero attached hydrogens (tertiary/aromatic N) is 1. The minimum atomic E-state index is -0.149.